The van der Waals surface area contributed by atoms with Gasteiger partial charge < -0.3 is 10.1 Å². The maximum Gasteiger partial charge on any atom is 0.0897 e. The molecule has 4 heteroatoms. The van der Waals surface area contributed by atoms with Gasteiger partial charge in [0, 0.05) is 24.6 Å². The fraction of sp³-hybridized carbons (Fsp3) is 0.750. The van der Waals surface area contributed by atoms with E-state index in [1.165, 1.54) is 5.69 Å². The predicted molar refractivity (Wildman–Crippen MR) is 66.7 cm³/mol. The van der Waals surface area contributed by atoms with Crippen LogP contribution in [0.15, 0.2) is 5.38 Å². The van der Waals surface area contributed by atoms with E-state index in [0.29, 0.717) is 12.1 Å². The van der Waals surface area contributed by atoms with Gasteiger partial charge in [-0.3, -0.25) is 0 Å². The normalized spacial score (nSPS) is 25.9. The zero-order chi connectivity index (χ0) is 11.4. The Morgan fingerprint density at radius 3 is 3.19 bits per heavy atom. The largest absolute Gasteiger partial charge is 0.378 e. The SMILES string of the molecule is CCC1CC(NCc2csc(C)n2)CCO1. The van der Waals surface area contributed by atoms with Crippen molar-refractivity contribution in [1.82, 2.24) is 10.3 Å². The molecule has 1 saturated heterocycles. The fourth-order valence-corrected chi connectivity index (χ4v) is 2.70. The van der Waals surface area contributed by atoms with Crippen LogP contribution in [0.3, 0.4) is 0 Å². The molecule has 0 bridgehead atoms. The first-order chi connectivity index (χ1) is 7.78. The number of hydrogen-bond acceptors (Lipinski definition) is 4. The molecule has 0 amide bonds. The average Bonchev–Trinajstić information content (AvgIpc) is 2.73. The van der Waals surface area contributed by atoms with Crippen LogP contribution in [0.4, 0.5) is 0 Å². The van der Waals surface area contributed by atoms with E-state index < -0.39 is 0 Å². The third kappa shape index (κ3) is 3.27. The molecule has 2 atom stereocenters. The van der Waals surface area contributed by atoms with E-state index >= 15 is 0 Å². The van der Waals surface area contributed by atoms with Gasteiger partial charge in [0.2, 0.25) is 0 Å². The number of hydrogen-bond donors (Lipinski definition) is 1. The number of ether oxygens (including phenoxy) is 1. The van der Waals surface area contributed by atoms with Gasteiger partial charge >= 0.3 is 0 Å². The molecule has 1 aromatic rings. The van der Waals surface area contributed by atoms with Crippen LogP contribution in [-0.4, -0.2) is 23.7 Å². The molecule has 3 nitrogen and oxygen atoms in total. The van der Waals surface area contributed by atoms with Crippen LogP contribution in [0.25, 0.3) is 0 Å². The molecule has 90 valence electrons. The standard InChI is InChI=1S/C12H20N2OS/c1-3-12-6-10(4-5-15-12)13-7-11-8-16-9(2)14-11/h8,10,12-13H,3-7H2,1-2H3. The molecule has 0 aromatic carbocycles. The van der Waals surface area contributed by atoms with Crippen molar-refractivity contribution in [2.45, 2.75) is 51.8 Å². The average molecular weight is 240 g/mol. The molecular weight excluding hydrogens is 220 g/mol. The molecule has 1 fully saturated rings. The lowest BCUT2D eigenvalue weighted by Gasteiger charge is -2.29. The van der Waals surface area contributed by atoms with Crippen LogP contribution >= 0.6 is 11.3 Å². The van der Waals surface area contributed by atoms with Crippen molar-refractivity contribution >= 4 is 11.3 Å². The molecule has 0 saturated carbocycles. The highest BCUT2D eigenvalue weighted by Gasteiger charge is 2.20. The lowest BCUT2D eigenvalue weighted by molar-refractivity contribution is -0.000364. The maximum absolute atomic E-state index is 5.66. The Morgan fingerprint density at radius 1 is 1.62 bits per heavy atom. The lowest BCUT2D eigenvalue weighted by atomic mass is 10.0. The van der Waals surface area contributed by atoms with Crippen LogP contribution in [-0.2, 0) is 11.3 Å². The summed E-state index contributed by atoms with van der Waals surface area (Å²) in [5.74, 6) is 0. The first-order valence-electron chi connectivity index (χ1n) is 6.04. The molecule has 0 spiro atoms. The number of aryl methyl sites for hydroxylation is 1. The second kappa shape index (κ2) is 5.75. The lowest BCUT2D eigenvalue weighted by Crippen LogP contribution is -2.38. The summed E-state index contributed by atoms with van der Waals surface area (Å²) in [5, 5.41) is 6.87. The first kappa shape index (κ1) is 12.0. The molecule has 1 N–H and O–H groups in total. The number of aromatic nitrogens is 1. The van der Waals surface area contributed by atoms with Gasteiger partial charge in [-0.05, 0) is 26.2 Å². The number of thiazole rings is 1. The van der Waals surface area contributed by atoms with Crippen LogP contribution in [0.2, 0.25) is 0 Å². The third-order valence-electron chi connectivity index (χ3n) is 3.06. The molecule has 1 aromatic heterocycles. The van der Waals surface area contributed by atoms with Crippen molar-refractivity contribution < 1.29 is 4.74 Å². The summed E-state index contributed by atoms with van der Waals surface area (Å²) in [7, 11) is 0. The summed E-state index contributed by atoms with van der Waals surface area (Å²) in [6.45, 7) is 6.03. The zero-order valence-corrected chi connectivity index (χ0v) is 10.8. The highest BCUT2D eigenvalue weighted by Crippen LogP contribution is 2.17. The number of nitrogens with zero attached hydrogens (tertiary/aromatic N) is 1. The van der Waals surface area contributed by atoms with E-state index in [0.717, 1.165) is 37.4 Å². The molecule has 0 radical (unpaired) electrons. The van der Waals surface area contributed by atoms with E-state index in [-0.39, 0.29) is 0 Å². The summed E-state index contributed by atoms with van der Waals surface area (Å²) in [6, 6.07) is 0.598. The van der Waals surface area contributed by atoms with Gasteiger partial charge in [-0.2, -0.15) is 0 Å². The minimum absolute atomic E-state index is 0.448. The van der Waals surface area contributed by atoms with Crippen LogP contribution in [0.5, 0.6) is 0 Å². The summed E-state index contributed by atoms with van der Waals surface area (Å²) in [6.07, 6.45) is 3.83. The smallest absolute Gasteiger partial charge is 0.0897 e. The van der Waals surface area contributed by atoms with Crippen molar-refractivity contribution in [3.05, 3.63) is 16.1 Å². The quantitative estimate of drug-likeness (QED) is 0.878. The van der Waals surface area contributed by atoms with Gasteiger partial charge in [0.25, 0.3) is 0 Å². The molecular formula is C12H20N2OS. The molecule has 0 aliphatic carbocycles. The summed E-state index contributed by atoms with van der Waals surface area (Å²) in [5.41, 5.74) is 1.17. The molecule has 1 aliphatic heterocycles. The fourth-order valence-electron chi connectivity index (χ4n) is 2.09. The Bertz CT molecular complexity index is 327. The Hall–Kier alpha value is -0.450. The summed E-state index contributed by atoms with van der Waals surface area (Å²) < 4.78 is 5.66. The van der Waals surface area contributed by atoms with Crippen molar-refractivity contribution in [2.75, 3.05) is 6.61 Å². The van der Waals surface area contributed by atoms with Gasteiger partial charge in [0.05, 0.1) is 16.8 Å². The second-order valence-corrected chi connectivity index (χ2v) is 5.42. The monoisotopic (exact) mass is 240 g/mol. The van der Waals surface area contributed by atoms with Gasteiger partial charge in [0.1, 0.15) is 0 Å². The summed E-state index contributed by atoms with van der Waals surface area (Å²) >= 11 is 1.72. The number of rotatable bonds is 4. The number of nitrogens with one attached hydrogen (secondary N) is 1. The van der Waals surface area contributed by atoms with Crippen molar-refractivity contribution in [3.8, 4) is 0 Å². The van der Waals surface area contributed by atoms with Crippen LogP contribution < -0.4 is 5.32 Å². The van der Waals surface area contributed by atoms with Gasteiger partial charge in [0.15, 0.2) is 0 Å². The van der Waals surface area contributed by atoms with Gasteiger partial charge in [-0.25, -0.2) is 4.98 Å². The van der Waals surface area contributed by atoms with Crippen molar-refractivity contribution in [3.63, 3.8) is 0 Å². The Kier molecular flexibility index (Phi) is 4.32. The molecule has 16 heavy (non-hydrogen) atoms. The highest BCUT2D eigenvalue weighted by atomic mass is 32.1. The van der Waals surface area contributed by atoms with Gasteiger partial charge in [-0.1, -0.05) is 6.92 Å². The van der Waals surface area contributed by atoms with Crippen LogP contribution in [0.1, 0.15) is 36.9 Å². The Balaban J connectivity index is 1.77. The van der Waals surface area contributed by atoms with E-state index in [1.54, 1.807) is 11.3 Å². The molecule has 2 unspecified atom stereocenters. The van der Waals surface area contributed by atoms with E-state index in [9.17, 15) is 0 Å². The van der Waals surface area contributed by atoms with Crippen molar-refractivity contribution in [2.24, 2.45) is 0 Å². The Morgan fingerprint density at radius 2 is 2.50 bits per heavy atom. The van der Waals surface area contributed by atoms with Crippen LogP contribution in [0, 0.1) is 6.92 Å². The van der Waals surface area contributed by atoms with E-state index in [2.05, 4.69) is 29.5 Å². The first-order valence-corrected chi connectivity index (χ1v) is 6.92. The van der Waals surface area contributed by atoms with E-state index in [1.807, 2.05) is 0 Å². The highest BCUT2D eigenvalue weighted by molar-refractivity contribution is 7.09. The maximum atomic E-state index is 5.66. The molecule has 2 heterocycles. The topological polar surface area (TPSA) is 34.2 Å². The predicted octanol–water partition coefficient (Wildman–Crippen LogP) is 2.50. The minimum atomic E-state index is 0.448. The minimum Gasteiger partial charge on any atom is -0.378 e. The summed E-state index contributed by atoms with van der Waals surface area (Å²) in [4.78, 5) is 4.46. The van der Waals surface area contributed by atoms with Crippen molar-refractivity contribution in [1.29, 1.82) is 0 Å². The zero-order valence-electron chi connectivity index (χ0n) is 10.0. The van der Waals surface area contributed by atoms with Gasteiger partial charge in [-0.15, -0.1) is 11.3 Å². The second-order valence-electron chi connectivity index (χ2n) is 4.36. The molecule has 1 aliphatic rings. The molecule has 2 rings (SSSR count). The van der Waals surface area contributed by atoms with E-state index in [4.69, 9.17) is 4.74 Å². The third-order valence-corrected chi connectivity index (χ3v) is 3.88. The Labute approximate surface area is 101 Å².